The predicted octanol–water partition coefficient (Wildman–Crippen LogP) is 10.3. The molecule has 0 radical (unpaired) electrons. The molecule has 14 aromatic rings. The van der Waals surface area contributed by atoms with Crippen LogP contribution < -0.4 is 28.4 Å². The van der Waals surface area contributed by atoms with Crippen LogP contribution >= 0.6 is 0 Å². The van der Waals surface area contributed by atoms with Gasteiger partial charge in [-0.05, 0) is 290 Å². The van der Waals surface area contributed by atoms with Crippen LogP contribution in [0.1, 0.15) is 138 Å². The van der Waals surface area contributed by atoms with Gasteiger partial charge in [0.25, 0.3) is 0 Å². The van der Waals surface area contributed by atoms with Gasteiger partial charge in [-0.3, -0.25) is 0 Å². The molecule has 0 aliphatic rings. The normalized spacial score (nSPS) is 12.1. The Bertz CT molecular complexity index is 5270. The zero-order chi connectivity index (χ0) is 96.8. The zero-order valence-electron chi connectivity index (χ0n) is 82.6. The Morgan fingerprint density at radius 1 is 0.188 bits per heavy atom. The van der Waals surface area contributed by atoms with Crippen molar-refractivity contribution >= 4 is 0 Å². The molecule has 8 aromatic heterocycles. The smallest absolute Gasteiger partial charge is 0.120 e. The molecule has 0 saturated carbocycles. The van der Waals surface area contributed by atoms with Crippen LogP contribution in [-0.2, 0) is 131 Å². The third-order valence-electron chi connectivity index (χ3n) is 21.2. The highest BCUT2D eigenvalue weighted by Gasteiger charge is 2.19. The lowest BCUT2D eigenvalue weighted by atomic mass is 10.1. The first kappa shape index (κ1) is 100. The maximum Gasteiger partial charge on any atom is 0.120 e. The highest BCUT2D eigenvalue weighted by Crippen LogP contribution is 2.30. The summed E-state index contributed by atoms with van der Waals surface area (Å²) < 4.78 is 55.3. The number of benzene rings is 6. The van der Waals surface area contributed by atoms with E-state index in [1.165, 1.54) is 0 Å². The van der Waals surface area contributed by atoms with E-state index < -0.39 is 0 Å². The highest BCUT2D eigenvalue weighted by atomic mass is 16.5. The summed E-state index contributed by atoms with van der Waals surface area (Å²) in [4.78, 5) is 16.6. The van der Waals surface area contributed by atoms with Gasteiger partial charge in [0.05, 0.1) is 147 Å². The average molecular weight is 1880 g/mol. The molecule has 0 unspecified atom stereocenters. The average Bonchev–Trinajstić information content (AvgIpc) is 1.50. The molecule has 0 aliphatic heterocycles. The van der Waals surface area contributed by atoms with Crippen LogP contribution in [0, 0.1) is 0 Å². The molecule has 0 N–H and O–H groups in total. The maximum absolute atomic E-state index is 6.80. The Labute approximate surface area is 808 Å². The summed E-state index contributed by atoms with van der Waals surface area (Å²) in [6.45, 7) is 11.0. The van der Waals surface area contributed by atoms with Gasteiger partial charge in [0, 0.05) is 52.4 Å². The minimum atomic E-state index is 0.241. The first-order chi connectivity index (χ1) is 66.6. The number of aromatic nitrogens is 24. The molecule has 0 aliphatic carbocycles. The fourth-order valence-corrected chi connectivity index (χ4v) is 15.9. The first-order valence-corrected chi connectivity index (χ1v) is 46.4. The monoisotopic (exact) mass is 1880 g/mol. The van der Waals surface area contributed by atoms with Crippen LogP contribution in [0.15, 0.2) is 195 Å². The van der Waals surface area contributed by atoms with Crippen LogP contribution in [0.5, 0.6) is 34.5 Å². The minimum absolute atomic E-state index is 0.241. The molecule has 0 amide bonds. The Balaban J connectivity index is 0.642. The van der Waals surface area contributed by atoms with E-state index in [1.807, 2.05) is 224 Å². The van der Waals surface area contributed by atoms with E-state index in [4.69, 9.17) is 28.4 Å². The van der Waals surface area contributed by atoms with Gasteiger partial charge in [-0.2, -0.15) is 0 Å². The molecular formula is C100H132N32O6. The van der Waals surface area contributed by atoms with Gasteiger partial charge in [-0.1, -0.05) is 102 Å². The van der Waals surface area contributed by atoms with Gasteiger partial charge in [-0.25, -0.2) is 37.5 Å². The SMILES string of the molecule is CN(C)Cc1cn(Cc2cc(Cn3cc(CN(C)C)nn3)cc(OCc3cc(COc4cc(Cn5cc(CN(C)C)nn5)cc(Cn5cc(CN(C)C)nn5)c4)cc(OCC=CCCC=CCCC=CCOc4cc(COc5cc(Cn6cc(CN(C)C)nn6)cc(Cn6cc(CN(C)C)nn6)c5)cc(COc5cc(Cn6cc(CN(C)C)nn6)cc(Cn6cc(CN(C)C)nn6)c5)c4)c3)c2)nn1. The number of hydrogen-bond acceptors (Lipinski definition) is 30. The highest BCUT2D eigenvalue weighted by molar-refractivity contribution is 5.42. The number of rotatable bonds is 56. The lowest BCUT2D eigenvalue weighted by Gasteiger charge is -2.15. The quantitative estimate of drug-likeness (QED) is 0.0252. The van der Waals surface area contributed by atoms with Crippen molar-refractivity contribution in [1.29, 1.82) is 0 Å². The van der Waals surface area contributed by atoms with Crippen molar-refractivity contribution in [2.75, 3.05) is 126 Å². The standard InChI is InChI=1S/C100H132N32O6/c1-117(2)55-87-63-125(109-101-87)47-75-29-76(48-126-64-88(102-110-126)56-118(3)4)36-97(35-75)135-71-83-33-84(72-136-98-37-77(49-127-65-89(103-111-127)57-119(5)6)30-78(38-98)50-128-66-90(104-112-128)58-120(7)8)44-95(43-83)133-27-25-23-21-19-17-18-20-22-24-26-28-134-96-45-85(73-137-99-39-79(51-129-67-91(105-113-129)59-121(9)10)31-80(40-99)52-130-68-92(106-114-130)60-122(11)12)34-86(46-96)74-138-100-41-81(53-131-69-93(107-115-131)61-123(13)14)32-82(42-100)54-132-70-94(108-116-132)62-124(15)16/h17-18,23-26,29-46,63-70H,19-22,27-28,47-62,71-74H2,1-16H3. The topological polar surface area (TPSA) is 327 Å². The van der Waals surface area contributed by atoms with Crippen LogP contribution in [0.25, 0.3) is 0 Å². The summed E-state index contributed by atoms with van der Waals surface area (Å²) in [6.07, 6.45) is 32.3. The second kappa shape index (κ2) is 49.8. The molecule has 0 spiro atoms. The third kappa shape index (κ3) is 33.5. The summed E-state index contributed by atoms with van der Waals surface area (Å²) in [6, 6.07) is 37.5. The van der Waals surface area contributed by atoms with Crippen molar-refractivity contribution in [3.8, 4) is 34.5 Å². The molecule has 0 saturated heterocycles. The molecule has 14 rings (SSSR count). The molecular weight excluding hydrogens is 1750 g/mol. The first-order valence-electron chi connectivity index (χ1n) is 46.4. The lowest BCUT2D eigenvalue weighted by molar-refractivity contribution is 0.295. The van der Waals surface area contributed by atoms with E-state index in [0.717, 1.165) is 138 Å². The molecule has 728 valence electrons. The summed E-state index contributed by atoms with van der Waals surface area (Å²) in [5.41, 5.74) is 18.7. The van der Waals surface area contributed by atoms with E-state index in [1.54, 1.807) is 0 Å². The molecule has 8 heterocycles. The Morgan fingerprint density at radius 3 is 0.500 bits per heavy atom. The minimum Gasteiger partial charge on any atom is -0.490 e. The van der Waals surface area contributed by atoms with Crippen LogP contribution in [0.2, 0.25) is 0 Å². The molecule has 0 atom stereocenters. The summed E-state index contributed by atoms with van der Waals surface area (Å²) in [7, 11) is 32.3. The molecule has 0 bridgehead atoms. The van der Waals surface area contributed by atoms with Crippen LogP contribution in [-0.4, -0.2) is 285 Å². The van der Waals surface area contributed by atoms with Gasteiger partial charge in [0.15, 0.2) is 0 Å². The van der Waals surface area contributed by atoms with E-state index in [2.05, 4.69) is 243 Å². The van der Waals surface area contributed by atoms with E-state index in [-0.39, 0.29) is 26.4 Å². The van der Waals surface area contributed by atoms with Crippen molar-refractivity contribution in [3.05, 3.63) is 308 Å². The number of unbranched alkanes of at least 4 members (excludes halogenated alkanes) is 2. The Kier molecular flexibility index (Phi) is 36.1. The number of nitrogens with zero attached hydrogens (tertiary/aromatic N) is 32. The van der Waals surface area contributed by atoms with Crippen LogP contribution in [0.4, 0.5) is 0 Å². The largest absolute Gasteiger partial charge is 0.490 e. The van der Waals surface area contributed by atoms with E-state index >= 15 is 0 Å². The Hall–Kier alpha value is -13.9. The lowest BCUT2D eigenvalue weighted by Crippen LogP contribution is -2.10. The summed E-state index contributed by atoms with van der Waals surface area (Å²) in [5, 5.41) is 71.5. The molecule has 138 heavy (non-hydrogen) atoms. The second-order valence-electron chi connectivity index (χ2n) is 37.4. The van der Waals surface area contributed by atoms with Gasteiger partial charge in [0.2, 0.25) is 0 Å². The summed E-state index contributed by atoms with van der Waals surface area (Å²) >= 11 is 0. The van der Waals surface area contributed by atoms with Gasteiger partial charge in [0.1, 0.15) is 74.1 Å². The second-order valence-corrected chi connectivity index (χ2v) is 37.4. The zero-order valence-corrected chi connectivity index (χ0v) is 82.6. The van der Waals surface area contributed by atoms with E-state index in [9.17, 15) is 0 Å². The van der Waals surface area contributed by atoms with Crippen molar-refractivity contribution in [1.82, 2.24) is 159 Å². The fourth-order valence-electron chi connectivity index (χ4n) is 15.9. The molecule has 38 heteroatoms. The van der Waals surface area contributed by atoms with Crippen molar-refractivity contribution in [3.63, 3.8) is 0 Å². The van der Waals surface area contributed by atoms with Crippen molar-refractivity contribution in [2.24, 2.45) is 0 Å². The number of hydrogen-bond donors (Lipinski definition) is 0. The van der Waals surface area contributed by atoms with Gasteiger partial charge in [-0.15, -0.1) is 40.8 Å². The Morgan fingerprint density at radius 2 is 0.333 bits per heavy atom. The molecule has 0 fully saturated rings. The number of allylic oxidation sites excluding steroid dienone is 4. The molecule has 6 aromatic carbocycles. The van der Waals surface area contributed by atoms with Crippen molar-refractivity contribution in [2.45, 2.75) is 157 Å². The van der Waals surface area contributed by atoms with Gasteiger partial charge >= 0.3 is 0 Å². The van der Waals surface area contributed by atoms with Crippen molar-refractivity contribution < 1.29 is 28.4 Å². The number of ether oxygens (including phenoxy) is 6. The van der Waals surface area contributed by atoms with Crippen LogP contribution in [0.3, 0.4) is 0 Å². The summed E-state index contributed by atoms with van der Waals surface area (Å²) in [5.74, 6) is 4.14. The third-order valence-corrected chi connectivity index (χ3v) is 21.2. The fraction of sp³-hybridized carbons (Fsp3) is 0.420. The van der Waals surface area contributed by atoms with Gasteiger partial charge < -0.3 is 67.6 Å². The van der Waals surface area contributed by atoms with E-state index in [0.29, 0.717) is 152 Å². The maximum atomic E-state index is 6.80. The predicted molar refractivity (Wildman–Crippen MR) is 525 cm³/mol. The molecule has 38 nitrogen and oxygen atoms in total.